The Balaban J connectivity index is 2.88. The molecule has 1 aromatic carbocycles. The highest BCUT2D eigenvalue weighted by Gasteiger charge is 2.06. The Kier molecular flexibility index (Phi) is 5.73. The van der Waals surface area contributed by atoms with Gasteiger partial charge >= 0.3 is 5.97 Å². The molecule has 0 fully saturated rings. The predicted octanol–water partition coefficient (Wildman–Crippen LogP) is 2.58. The van der Waals surface area contributed by atoms with Gasteiger partial charge in [-0.3, -0.25) is 0 Å². The average Bonchev–Trinajstić information content (AvgIpc) is 2.38. The van der Waals surface area contributed by atoms with Gasteiger partial charge in [0.2, 0.25) is 0 Å². The van der Waals surface area contributed by atoms with Gasteiger partial charge in [-0.25, -0.2) is 4.79 Å². The molecule has 5 nitrogen and oxygen atoms in total. The smallest absolute Gasteiger partial charge is 0.332 e. The Hall–Kier alpha value is -2.17. The van der Waals surface area contributed by atoms with E-state index < -0.39 is 0 Å². The van der Waals surface area contributed by atoms with Gasteiger partial charge in [-0.15, -0.1) is 0 Å². The highest BCUT2D eigenvalue weighted by molar-refractivity contribution is 5.83. The van der Waals surface area contributed by atoms with Crippen LogP contribution in [-0.2, 0) is 9.53 Å². The highest BCUT2D eigenvalue weighted by atomic mass is 16.5. The quantitative estimate of drug-likeness (QED) is 0.633. The van der Waals surface area contributed by atoms with Gasteiger partial charge in [0.25, 0.3) is 0 Å². The van der Waals surface area contributed by atoms with E-state index >= 15 is 0 Å². The number of esters is 1. The number of ether oxygens (including phenoxy) is 3. The summed E-state index contributed by atoms with van der Waals surface area (Å²) < 4.78 is 15.2. The summed E-state index contributed by atoms with van der Waals surface area (Å²) in [4.78, 5) is 11.3. The van der Waals surface area contributed by atoms with Crippen LogP contribution < -0.4 is 14.8 Å². The minimum atomic E-state index is -0.380. The van der Waals surface area contributed by atoms with Gasteiger partial charge in [-0.2, -0.15) is 0 Å². The molecule has 1 rings (SSSR count). The van der Waals surface area contributed by atoms with E-state index in [0.29, 0.717) is 23.8 Å². The number of carbonyl (C=O) groups is 1. The molecule has 0 amide bonds. The van der Waals surface area contributed by atoms with E-state index in [-0.39, 0.29) is 5.97 Å². The van der Waals surface area contributed by atoms with Crippen LogP contribution in [0.5, 0.6) is 11.5 Å². The summed E-state index contributed by atoms with van der Waals surface area (Å²) in [5.41, 5.74) is 1.38. The highest BCUT2D eigenvalue weighted by Crippen LogP contribution is 2.29. The molecule has 0 saturated heterocycles. The van der Waals surface area contributed by atoms with Crippen LogP contribution in [-0.4, -0.2) is 26.8 Å². The molecule has 0 aliphatic heterocycles. The number of carbonyl (C=O) groups excluding carboxylic acids is 1. The van der Waals surface area contributed by atoms with Crippen molar-refractivity contribution in [2.24, 2.45) is 0 Å². The molecule has 5 heteroatoms. The molecule has 0 unspecified atom stereocenters. The molecule has 0 heterocycles. The lowest BCUT2D eigenvalue weighted by Crippen LogP contribution is -2.05. The molecule has 104 valence electrons. The minimum absolute atomic E-state index is 0.352. The first kappa shape index (κ1) is 14.9. The molecule has 0 aliphatic rings. The third-order valence-electron chi connectivity index (χ3n) is 2.36. The summed E-state index contributed by atoms with van der Waals surface area (Å²) >= 11 is 0. The van der Waals surface area contributed by atoms with E-state index in [0.717, 1.165) is 5.69 Å². The lowest BCUT2D eigenvalue weighted by Gasteiger charge is -2.12. The van der Waals surface area contributed by atoms with Crippen molar-refractivity contribution < 1.29 is 19.0 Å². The topological polar surface area (TPSA) is 56.8 Å². The van der Waals surface area contributed by atoms with E-state index in [2.05, 4.69) is 5.32 Å². The largest absolute Gasteiger partial charge is 0.497 e. The Bertz CT molecular complexity index is 469. The zero-order chi connectivity index (χ0) is 14.3. The van der Waals surface area contributed by atoms with Crippen molar-refractivity contribution in [1.29, 1.82) is 0 Å². The molecular formula is C14H19NO4. The molecule has 19 heavy (non-hydrogen) atoms. The lowest BCUT2D eigenvalue weighted by molar-refractivity contribution is -0.137. The van der Waals surface area contributed by atoms with Crippen LogP contribution in [0.1, 0.15) is 13.8 Å². The van der Waals surface area contributed by atoms with Crippen LogP contribution in [0.3, 0.4) is 0 Å². The maximum atomic E-state index is 11.3. The number of allylic oxidation sites excluding steroid dienone is 1. The minimum Gasteiger partial charge on any atom is -0.497 e. The summed E-state index contributed by atoms with van der Waals surface area (Å²) in [7, 11) is 3.17. The van der Waals surface area contributed by atoms with Crippen molar-refractivity contribution in [3.8, 4) is 11.5 Å². The van der Waals surface area contributed by atoms with Crippen LogP contribution in [0.2, 0.25) is 0 Å². The fourth-order valence-corrected chi connectivity index (χ4v) is 1.52. The number of nitrogens with one attached hydrogen (secondary N) is 1. The van der Waals surface area contributed by atoms with Gasteiger partial charge < -0.3 is 19.5 Å². The fraction of sp³-hybridized carbons (Fsp3) is 0.357. The Morgan fingerprint density at radius 1 is 1.32 bits per heavy atom. The second-order valence-electron chi connectivity index (χ2n) is 3.77. The zero-order valence-electron chi connectivity index (χ0n) is 11.6. The first-order valence-corrected chi connectivity index (χ1v) is 5.94. The van der Waals surface area contributed by atoms with Gasteiger partial charge in [0.15, 0.2) is 0 Å². The monoisotopic (exact) mass is 265 g/mol. The SMILES string of the molecule is CCOC(=O)C=C(C)Nc1cc(OC)ccc1OC. The van der Waals surface area contributed by atoms with Crippen LogP contribution in [0.15, 0.2) is 30.0 Å². The van der Waals surface area contributed by atoms with Gasteiger partial charge in [-0.1, -0.05) is 0 Å². The Morgan fingerprint density at radius 3 is 2.63 bits per heavy atom. The first-order valence-electron chi connectivity index (χ1n) is 5.94. The third-order valence-corrected chi connectivity index (χ3v) is 2.36. The lowest BCUT2D eigenvalue weighted by atomic mass is 10.2. The van der Waals surface area contributed by atoms with E-state index in [9.17, 15) is 4.79 Å². The van der Waals surface area contributed by atoms with Crippen molar-refractivity contribution >= 4 is 11.7 Å². The summed E-state index contributed by atoms with van der Waals surface area (Å²) in [6, 6.07) is 5.38. The summed E-state index contributed by atoms with van der Waals surface area (Å²) in [6.45, 7) is 3.89. The number of hydrogen-bond donors (Lipinski definition) is 1. The second kappa shape index (κ2) is 7.31. The molecule has 0 spiro atoms. The maximum absolute atomic E-state index is 11.3. The van der Waals surface area contributed by atoms with Crippen LogP contribution in [0.4, 0.5) is 5.69 Å². The molecule has 0 radical (unpaired) electrons. The standard InChI is InChI=1S/C14H19NO4/c1-5-19-14(16)8-10(2)15-12-9-11(17-3)6-7-13(12)18-4/h6-9,15H,5H2,1-4H3. The average molecular weight is 265 g/mol. The number of methoxy groups -OCH3 is 2. The zero-order valence-corrected chi connectivity index (χ0v) is 11.6. The van der Waals surface area contributed by atoms with Crippen LogP contribution >= 0.6 is 0 Å². The number of benzene rings is 1. The molecule has 1 N–H and O–H groups in total. The summed E-state index contributed by atoms with van der Waals surface area (Å²) in [6.07, 6.45) is 1.39. The van der Waals surface area contributed by atoms with Crippen molar-refractivity contribution in [2.75, 3.05) is 26.1 Å². The number of rotatable bonds is 6. The summed E-state index contributed by atoms with van der Waals surface area (Å²) in [5, 5.41) is 3.08. The summed E-state index contributed by atoms with van der Waals surface area (Å²) in [5.74, 6) is 0.985. The fourth-order valence-electron chi connectivity index (χ4n) is 1.52. The van der Waals surface area contributed by atoms with E-state index in [1.165, 1.54) is 6.08 Å². The number of hydrogen-bond acceptors (Lipinski definition) is 5. The van der Waals surface area contributed by atoms with Crippen molar-refractivity contribution in [3.63, 3.8) is 0 Å². The molecular weight excluding hydrogens is 246 g/mol. The van der Waals surface area contributed by atoms with Crippen molar-refractivity contribution in [1.82, 2.24) is 0 Å². The number of anilines is 1. The van der Waals surface area contributed by atoms with E-state index in [1.54, 1.807) is 46.3 Å². The Labute approximate surface area is 113 Å². The van der Waals surface area contributed by atoms with Crippen molar-refractivity contribution in [3.05, 3.63) is 30.0 Å². The molecule has 0 aromatic heterocycles. The predicted molar refractivity (Wildman–Crippen MR) is 73.6 cm³/mol. The third kappa shape index (κ3) is 4.54. The molecule has 0 aliphatic carbocycles. The Morgan fingerprint density at radius 2 is 2.05 bits per heavy atom. The molecule has 0 saturated carbocycles. The van der Waals surface area contributed by atoms with Crippen molar-refractivity contribution in [2.45, 2.75) is 13.8 Å². The van der Waals surface area contributed by atoms with Crippen LogP contribution in [0.25, 0.3) is 0 Å². The van der Waals surface area contributed by atoms with Gasteiger partial charge in [-0.05, 0) is 26.0 Å². The van der Waals surface area contributed by atoms with Gasteiger partial charge in [0.1, 0.15) is 11.5 Å². The van der Waals surface area contributed by atoms with Gasteiger partial charge in [0, 0.05) is 17.8 Å². The van der Waals surface area contributed by atoms with E-state index in [1.807, 2.05) is 0 Å². The van der Waals surface area contributed by atoms with E-state index in [4.69, 9.17) is 14.2 Å². The maximum Gasteiger partial charge on any atom is 0.332 e. The second-order valence-corrected chi connectivity index (χ2v) is 3.77. The molecule has 0 bridgehead atoms. The van der Waals surface area contributed by atoms with Crippen LogP contribution in [0, 0.1) is 0 Å². The first-order chi connectivity index (χ1) is 9.10. The van der Waals surface area contributed by atoms with Gasteiger partial charge in [0.05, 0.1) is 26.5 Å². The molecule has 0 atom stereocenters. The normalized spacial score (nSPS) is 10.8. The molecule has 1 aromatic rings.